The maximum atomic E-state index is 12.3. The Hall–Kier alpha value is -3.15. The lowest BCUT2D eigenvalue weighted by atomic mass is 10.1. The second-order valence-electron chi connectivity index (χ2n) is 7.13. The number of rotatable bonds is 8. The number of hydrogen-bond donors (Lipinski definition) is 0. The van der Waals surface area contributed by atoms with Crippen molar-refractivity contribution in [3.8, 4) is 5.75 Å². The zero-order valence-electron chi connectivity index (χ0n) is 17.5. The molecule has 0 radical (unpaired) electrons. The number of aryl methyl sites for hydroxylation is 2. The molecule has 1 unspecified atom stereocenters. The van der Waals surface area contributed by atoms with Crippen LogP contribution in [0.25, 0.3) is 0 Å². The SMILES string of the molecule is CC(=O)c1cccc(OC(C)C(=O)OCC(=O)N(C)Cc2ccc(C)cc2C)c1. The van der Waals surface area contributed by atoms with Crippen LogP contribution in [-0.2, 0) is 20.9 Å². The predicted molar refractivity (Wildman–Crippen MR) is 110 cm³/mol. The van der Waals surface area contributed by atoms with Crippen molar-refractivity contribution in [2.45, 2.75) is 40.3 Å². The average Bonchev–Trinajstić information content (AvgIpc) is 2.67. The minimum absolute atomic E-state index is 0.0943. The molecule has 0 saturated carbocycles. The van der Waals surface area contributed by atoms with E-state index in [0.717, 1.165) is 16.7 Å². The topological polar surface area (TPSA) is 72.9 Å². The lowest BCUT2D eigenvalue weighted by Crippen LogP contribution is -2.34. The molecule has 0 aliphatic heterocycles. The van der Waals surface area contributed by atoms with E-state index >= 15 is 0 Å². The third-order valence-electron chi connectivity index (χ3n) is 4.55. The zero-order valence-corrected chi connectivity index (χ0v) is 17.5. The molecule has 1 atom stereocenters. The Bertz CT molecular complexity index is 906. The van der Waals surface area contributed by atoms with Gasteiger partial charge >= 0.3 is 5.97 Å². The number of benzene rings is 2. The molecule has 0 aliphatic carbocycles. The monoisotopic (exact) mass is 397 g/mol. The molecule has 0 saturated heterocycles. The third-order valence-corrected chi connectivity index (χ3v) is 4.55. The number of Topliss-reactive ketones (excluding diaryl/α,β-unsaturated/α-hetero) is 1. The summed E-state index contributed by atoms with van der Waals surface area (Å²) in [6.45, 7) is 7.09. The Balaban J connectivity index is 1.86. The van der Waals surface area contributed by atoms with Gasteiger partial charge in [-0.2, -0.15) is 0 Å². The molecule has 0 N–H and O–H groups in total. The van der Waals surface area contributed by atoms with Crippen LogP contribution in [0.1, 0.15) is 40.9 Å². The van der Waals surface area contributed by atoms with Gasteiger partial charge in [-0.3, -0.25) is 9.59 Å². The van der Waals surface area contributed by atoms with E-state index in [2.05, 4.69) is 6.07 Å². The fraction of sp³-hybridized carbons (Fsp3) is 0.348. The number of likely N-dealkylation sites (N-methyl/N-ethyl adjacent to an activating group) is 1. The highest BCUT2D eigenvalue weighted by atomic mass is 16.6. The molecule has 2 aromatic rings. The van der Waals surface area contributed by atoms with Gasteiger partial charge in [-0.1, -0.05) is 35.9 Å². The van der Waals surface area contributed by atoms with Gasteiger partial charge in [0.25, 0.3) is 5.91 Å². The van der Waals surface area contributed by atoms with Crippen LogP contribution in [0.4, 0.5) is 0 Å². The van der Waals surface area contributed by atoms with Crippen molar-refractivity contribution in [1.29, 1.82) is 0 Å². The third kappa shape index (κ3) is 6.45. The lowest BCUT2D eigenvalue weighted by molar-refractivity contribution is -0.157. The Kier molecular flexibility index (Phi) is 7.53. The molecule has 6 nitrogen and oxygen atoms in total. The van der Waals surface area contributed by atoms with E-state index in [4.69, 9.17) is 9.47 Å². The number of carbonyl (C=O) groups excluding carboxylic acids is 3. The van der Waals surface area contributed by atoms with Crippen molar-refractivity contribution in [1.82, 2.24) is 4.90 Å². The summed E-state index contributed by atoms with van der Waals surface area (Å²) in [4.78, 5) is 37.4. The number of carbonyl (C=O) groups is 3. The predicted octanol–water partition coefficient (Wildman–Crippen LogP) is 3.48. The minimum Gasteiger partial charge on any atom is -0.479 e. The summed E-state index contributed by atoms with van der Waals surface area (Å²) in [6.07, 6.45) is -0.908. The van der Waals surface area contributed by atoms with Crippen molar-refractivity contribution in [2.24, 2.45) is 0 Å². The van der Waals surface area contributed by atoms with Crippen molar-refractivity contribution in [2.75, 3.05) is 13.7 Å². The molecule has 29 heavy (non-hydrogen) atoms. The number of nitrogens with zero attached hydrogens (tertiary/aromatic N) is 1. The van der Waals surface area contributed by atoms with Crippen LogP contribution in [0.15, 0.2) is 42.5 Å². The molecule has 0 bridgehead atoms. The highest BCUT2D eigenvalue weighted by Gasteiger charge is 2.20. The number of ether oxygens (including phenoxy) is 2. The number of esters is 1. The molecule has 0 aliphatic rings. The number of ketones is 1. The Morgan fingerprint density at radius 2 is 1.79 bits per heavy atom. The smallest absolute Gasteiger partial charge is 0.347 e. The number of amides is 1. The first-order valence-corrected chi connectivity index (χ1v) is 9.41. The molecular formula is C23H27NO5. The summed E-state index contributed by atoms with van der Waals surface area (Å²) in [5, 5.41) is 0. The fourth-order valence-electron chi connectivity index (χ4n) is 2.77. The average molecular weight is 397 g/mol. The van der Waals surface area contributed by atoms with Gasteiger partial charge in [0.05, 0.1) is 0 Å². The van der Waals surface area contributed by atoms with Crippen molar-refractivity contribution < 1.29 is 23.9 Å². The highest BCUT2D eigenvalue weighted by Crippen LogP contribution is 2.16. The maximum absolute atomic E-state index is 12.3. The Morgan fingerprint density at radius 1 is 1.07 bits per heavy atom. The molecule has 154 valence electrons. The summed E-state index contributed by atoms with van der Waals surface area (Å²) >= 11 is 0. The van der Waals surface area contributed by atoms with Crippen molar-refractivity contribution >= 4 is 17.7 Å². The van der Waals surface area contributed by atoms with E-state index in [-0.39, 0.29) is 18.3 Å². The molecular weight excluding hydrogens is 370 g/mol. The largest absolute Gasteiger partial charge is 0.479 e. The van der Waals surface area contributed by atoms with Gasteiger partial charge in [-0.15, -0.1) is 0 Å². The molecule has 0 spiro atoms. The van der Waals surface area contributed by atoms with Crippen molar-refractivity contribution in [3.05, 3.63) is 64.7 Å². The molecule has 2 rings (SSSR count). The molecule has 0 heterocycles. The van der Waals surface area contributed by atoms with Gasteiger partial charge < -0.3 is 14.4 Å². The van der Waals surface area contributed by atoms with E-state index in [1.54, 1.807) is 31.3 Å². The van der Waals surface area contributed by atoms with Crippen LogP contribution in [0.3, 0.4) is 0 Å². The lowest BCUT2D eigenvalue weighted by Gasteiger charge is -2.19. The van der Waals surface area contributed by atoms with Crippen LogP contribution in [0.5, 0.6) is 5.75 Å². The van der Waals surface area contributed by atoms with Gasteiger partial charge in [0.1, 0.15) is 5.75 Å². The van der Waals surface area contributed by atoms with Crippen LogP contribution in [0.2, 0.25) is 0 Å². The molecule has 0 aromatic heterocycles. The van der Waals surface area contributed by atoms with Crippen molar-refractivity contribution in [3.63, 3.8) is 0 Å². The van der Waals surface area contributed by atoms with E-state index in [0.29, 0.717) is 17.9 Å². The molecule has 2 aromatic carbocycles. The second kappa shape index (κ2) is 9.87. The van der Waals surface area contributed by atoms with E-state index in [9.17, 15) is 14.4 Å². The first kappa shape index (κ1) is 22.1. The van der Waals surface area contributed by atoms with Crippen LogP contribution >= 0.6 is 0 Å². The minimum atomic E-state index is -0.908. The summed E-state index contributed by atoms with van der Waals surface area (Å²) in [5.41, 5.74) is 3.81. The van der Waals surface area contributed by atoms with Gasteiger partial charge in [0.2, 0.25) is 0 Å². The highest BCUT2D eigenvalue weighted by molar-refractivity contribution is 5.94. The second-order valence-corrected chi connectivity index (χ2v) is 7.13. The quantitative estimate of drug-likeness (QED) is 0.504. The van der Waals surface area contributed by atoms with E-state index in [1.807, 2.05) is 26.0 Å². The van der Waals surface area contributed by atoms with Gasteiger partial charge in [-0.05, 0) is 51.0 Å². The standard InChI is InChI=1S/C23H27NO5/c1-15-9-10-20(16(2)11-15)13-24(5)22(26)14-28-23(27)18(4)29-21-8-6-7-19(12-21)17(3)25/h6-12,18H,13-14H2,1-5H3. The zero-order chi connectivity index (χ0) is 21.6. The van der Waals surface area contributed by atoms with Gasteiger partial charge in [0, 0.05) is 19.2 Å². The maximum Gasteiger partial charge on any atom is 0.347 e. The first-order valence-electron chi connectivity index (χ1n) is 9.41. The molecule has 6 heteroatoms. The summed E-state index contributed by atoms with van der Waals surface area (Å²) < 4.78 is 10.6. The van der Waals surface area contributed by atoms with Gasteiger partial charge in [-0.25, -0.2) is 4.79 Å². The normalized spacial score (nSPS) is 11.5. The number of hydrogen-bond acceptors (Lipinski definition) is 5. The summed E-state index contributed by atoms with van der Waals surface area (Å²) in [7, 11) is 1.67. The van der Waals surface area contributed by atoms with Crippen LogP contribution in [-0.4, -0.2) is 42.3 Å². The van der Waals surface area contributed by atoms with Gasteiger partial charge in [0.15, 0.2) is 18.5 Å². The Labute approximate surface area is 171 Å². The molecule has 0 fully saturated rings. The van der Waals surface area contributed by atoms with E-state index in [1.165, 1.54) is 18.7 Å². The van der Waals surface area contributed by atoms with Crippen LogP contribution in [0, 0.1) is 13.8 Å². The first-order chi connectivity index (χ1) is 13.7. The fourth-order valence-corrected chi connectivity index (χ4v) is 2.77. The van der Waals surface area contributed by atoms with Crippen LogP contribution < -0.4 is 4.74 Å². The molecule has 1 amide bonds. The Morgan fingerprint density at radius 3 is 2.45 bits per heavy atom. The summed E-state index contributed by atoms with van der Waals surface area (Å²) in [6, 6.07) is 12.6. The summed E-state index contributed by atoms with van der Waals surface area (Å²) in [5.74, 6) is -0.654. The van der Waals surface area contributed by atoms with E-state index < -0.39 is 12.1 Å².